The van der Waals surface area contributed by atoms with Gasteiger partial charge in [-0.1, -0.05) is 12.1 Å². The van der Waals surface area contributed by atoms with Crippen LogP contribution >= 0.6 is 0 Å². The summed E-state index contributed by atoms with van der Waals surface area (Å²) in [6, 6.07) is 6.55. The minimum Gasteiger partial charge on any atom is -0.366 e. The molecule has 80 valence electrons. The van der Waals surface area contributed by atoms with E-state index in [1.54, 1.807) is 24.3 Å². The van der Waals surface area contributed by atoms with E-state index in [-0.39, 0.29) is 5.56 Å². The lowest BCUT2D eigenvalue weighted by atomic mass is 10.1. The topological polar surface area (TPSA) is 88.8 Å². The third-order valence-electron chi connectivity index (χ3n) is 2.18. The summed E-state index contributed by atoms with van der Waals surface area (Å²) in [4.78, 5) is 28.8. The normalized spacial score (nSPS) is 10.0. The van der Waals surface area contributed by atoms with E-state index in [0.717, 1.165) is 0 Å². The predicted octanol–water partition coefficient (Wildman–Crippen LogP) is 0.536. The molecule has 0 bridgehead atoms. The molecular formula is C11H9N3O2. The Hall–Kier alpha value is -2.43. The molecule has 2 rings (SSSR count). The van der Waals surface area contributed by atoms with Crippen LogP contribution in [0.2, 0.25) is 0 Å². The Labute approximate surface area is 91.0 Å². The van der Waals surface area contributed by atoms with Gasteiger partial charge < -0.3 is 10.7 Å². The number of aromatic amines is 1. The number of nitrogens with zero attached hydrogens (tertiary/aromatic N) is 1. The summed E-state index contributed by atoms with van der Waals surface area (Å²) in [5.74, 6) is -0.526. The number of benzene rings is 1. The molecule has 0 saturated carbocycles. The van der Waals surface area contributed by atoms with Crippen molar-refractivity contribution in [1.29, 1.82) is 0 Å². The van der Waals surface area contributed by atoms with E-state index in [1.807, 2.05) is 0 Å². The second-order valence-corrected chi connectivity index (χ2v) is 3.24. The van der Waals surface area contributed by atoms with Crippen molar-refractivity contribution in [2.45, 2.75) is 0 Å². The Kier molecular flexibility index (Phi) is 2.51. The van der Waals surface area contributed by atoms with Crippen LogP contribution in [-0.4, -0.2) is 15.9 Å². The smallest absolute Gasteiger partial charge is 0.258 e. The van der Waals surface area contributed by atoms with E-state index < -0.39 is 5.91 Å². The number of rotatable bonds is 2. The number of amides is 1. The van der Waals surface area contributed by atoms with Gasteiger partial charge in [-0.3, -0.25) is 9.59 Å². The van der Waals surface area contributed by atoms with Crippen molar-refractivity contribution in [1.82, 2.24) is 9.97 Å². The quantitative estimate of drug-likeness (QED) is 0.766. The lowest BCUT2D eigenvalue weighted by Gasteiger charge is -2.01. The van der Waals surface area contributed by atoms with Crippen molar-refractivity contribution in [3.63, 3.8) is 0 Å². The van der Waals surface area contributed by atoms with Crippen molar-refractivity contribution in [2.24, 2.45) is 5.73 Å². The molecule has 0 spiro atoms. The summed E-state index contributed by atoms with van der Waals surface area (Å²) in [7, 11) is 0. The second-order valence-electron chi connectivity index (χ2n) is 3.24. The van der Waals surface area contributed by atoms with Crippen molar-refractivity contribution in [3.8, 4) is 11.1 Å². The first-order valence-corrected chi connectivity index (χ1v) is 4.61. The van der Waals surface area contributed by atoms with E-state index in [9.17, 15) is 9.59 Å². The van der Waals surface area contributed by atoms with Gasteiger partial charge in [-0.2, -0.15) is 0 Å². The summed E-state index contributed by atoms with van der Waals surface area (Å²) in [6.45, 7) is 0. The fraction of sp³-hybridized carbons (Fsp3) is 0. The second kappa shape index (κ2) is 3.98. The Morgan fingerprint density at radius 1 is 1.38 bits per heavy atom. The molecule has 1 amide bonds. The number of hydrogen-bond donors (Lipinski definition) is 2. The molecule has 1 aromatic carbocycles. The third-order valence-corrected chi connectivity index (χ3v) is 2.18. The van der Waals surface area contributed by atoms with Gasteiger partial charge in [0.05, 0.1) is 11.9 Å². The molecule has 0 aliphatic heterocycles. The predicted molar refractivity (Wildman–Crippen MR) is 58.8 cm³/mol. The minimum atomic E-state index is -0.526. The van der Waals surface area contributed by atoms with Gasteiger partial charge in [0.25, 0.3) is 5.56 Å². The molecule has 0 aliphatic carbocycles. The van der Waals surface area contributed by atoms with Crippen molar-refractivity contribution >= 4 is 5.91 Å². The third kappa shape index (κ3) is 1.83. The molecule has 5 heteroatoms. The van der Waals surface area contributed by atoms with Crippen LogP contribution in [0.4, 0.5) is 0 Å². The number of nitrogens with two attached hydrogens (primary N) is 1. The number of nitrogens with one attached hydrogen (secondary N) is 1. The summed E-state index contributed by atoms with van der Waals surface area (Å²) < 4.78 is 0. The molecule has 1 aromatic heterocycles. The van der Waals surface area contributed by atoms with Gasteiger partial charge in [-0.05, 0) is 17.7 Å². The van der Waals surface area contributed by atoms with Crippen LogP contribution in [0.3, 0.4) is 0 Å². The number of hydrogen-bond acceptors (Lipinski definition) is 3. The summed E-state index contributed by atoms with van der Waals surface area (Å²) in [5, 5.41) is 0. The number of carbonyl (C=O) groups is 1. The maximum atomic E-state index is 11.5. The molecular weight excluding hydrogens is 206 g/mol. The number of primary amides is 1. The van der Waals surface area contributed by atoms with Crippen LogP contribution in [0.5, 0.6) is 0 Å². The van der Waals surface area contributed by atoms with Crippen molar-refractivity contribution < 1.29 is 4.79 Å². The van der Waals surface area contributed by atoms with Gasteiger partial charge in [0, 0.05) is 11.8 Å². The first-order valence-electron chi connectivity index (χ1n) is 4.61. The number of aromatic nitrogens is 2. The summed E-state index contributed by atoms with van der Waals surface area (Å²) >= 11 is 0. The lowest BCUT2D eigenvalue weighted by Crippen LogP contribution is -2.12. The van der Waals surface area contributed by atoms with Crippen LogP contribution in [0, 0.1) is 0 Å². The Balaban J connectivity index is 2.57. The van der Waals surface area contributed by atoms with E-state index in [2.05, 4.69) is 9.97 Å². The molecule has 3 N–H and O–H groups in total. The van der Waals surface area contributed by atoms with Gasteiger partial charge in [0.15, 0.2) is 0 Å². The van der Waals surface area contributed by atoms with Crippen molar-refractivity contribution in [2.75, 3.05) is 0 Å². The Morgan fingerprint density at radius 3 is 2.88 bits per heavy atom. The minimum absolute atomic E-state index is 0.253. The monoisotopic (exact) mass is 215 g/mol. The molecule has 1 heterocycles. The molecule has 0 saturated heterocycles. The zero-order valence-electron chi connectivity index (χ0n) is 8.31. The number of H-pyrrole nitrogens is 1. The van der Waals surface area contributed by atoms with Gasteiger partial charge in [0.1, 0.15) is 0 Å². The first-order chi connectivity index (χ1) is 7.68. The summed E-state index contributed by atoms with van der Waals surface area (Å²) in [5.41, 5.74) is 6.29. The zero-order valence-corrected chi connectivity index (χ0v) is 8.31. The molecule has 16 heavy (non-hydrogen) atoms. The molecule has 0 fully saturated rings. The highest BCUT2D eigenvalue weighted by atomic mass is 16.1. The first kappa shape index (κ1) is 10.1. The fourth-order valence-corrected chi connectivity index (χ4v) is 1.39. The maximum absolute atomic E-state index is 11.5. The number of carbonyl (C=O) groups excluding carboxylic acids is 1. The molecule has 0 radical (unpaired) electrons. The van der Waals surface area contributed by atoms with Crippen LogP contribution < -0.4 is 11.3 Å². The van der Waals surface area contributed by atoms with Gasteiger partial charge >= 0.3 is 0 Å². The van der Waals surface area contributed by atoms with Crippen LogP contribution in [0.1, 0.15) is 10.4 Å². The Bertz CT molecular complexity index is 590. The van der Waals surface area contributed by atoms with Crippen molar-refractivity contribution in [3.05, 3.63) is 52.7 Å². The van der Waals surface area contributed by atoms with Gasteiger partial charge in [-0.25, -0.2) is 4.98 Å². The largest absolute Gasteiger partial charge is 0.366 e. The average molecular weight is 215 g/mol. The van der Waals surface area contributed by atoms with E-state index >= 15 is 0 Å². The van der Waals surface area contributed by atoms with Crippen LogP contribution in [0.25, 0.3) is 11.1 Å². The highest BCUT2D eigenvalue weighted by molar-refractivity contribution is 5.94. The molecule has 0 unspecified atom stereocenters. The lowest BCUT2D eigenvalue weighted by molar-refractivity contribution is 0.100. The molecule has 2 aromatic rings. The molecule has 5 nitrogen and oxygen atoms in total. The standard InChI is InChI=1S/C11H9N3O2/c12-10(15)8-3-1-2-7(4-8)9-5-13-6-14-11(9)16/h1-6H,(H2,12,15)(H,13,14,16). The van der Waals surface area contributed by atoms with E-state index in [4.69, 9.17) is 5.73 Å². The zero-order chi connectivity index (χ0) is 11.5. The van der Waals surface area contributed by atoms with E-state index in [1.165, 1.54) is 12.5 Å². The highest BCUT2D eigenvalue weighted by Gasteiger charge is 2.05. The SMILES string of the molecule is NC(=O)c1cccc(-c2cnc[nH]c2=O)c1. The fourth-order valence-electron chi connectivity index (χ4n) is 1.39. The molecule has 0 atom stereocenters. The van der Waals surface area contributed by atoms with Crippen LogP contribution in [-0.2, 0) is 0 Å². The maximum Gasteiger partial charge on any atom is 0.258 e. The van der Waals surface area contributed by atoms with E-state index in [0.29, 0.717) is 16.7 Å². The summed E-state index contributed by atoms with van der Waals surface area (Å²) in [6.07, 6.45) is 2.75. The highest BCUT2D eigenvalue weighted by Crippen LogP contribution is 2.15. The molecule has 0 aliphatic rings. The van der Waals surface area contributed by atoms with Gasteiger partial charge in [0.2, 0.25) is 5.91 Å². The van der Waals surface area contributed by atoms with Crippen LogP contribution in [0.15, 0.2) is 41.6 Å². The average Bonchev–Trinajstić information content (AvgIpc) is 2.30. The Morgan fingerprint density at radius 2 is 2.19 bits per heavy atom. The van der Waals surface area contributed by atoms with Gasteiger partial charge in [-0.15, -0.1) is 0 Å².